The fraction of sp³-hybridized carbons (Fsp3) is 0.161. The smallest absolute Gasteiger partial charge is 0.300 e. The van der Waals surface area contributed by atoms with Gasteiger partial charge in [0, 0.05) is 17.3 Å². The number of aliphatic hydroxyl groups is 1. The highest BCUT2D eigenvalue weighted by atomic mass is 16.7. The van der Waals surface area contributed by atoms with Gasteiger partial charge in [0.1, 0.15) is 11.5 Å². The maximum absolute atomic E-state index is 13.5. The van der Waals surface area contributed by atoms with Gasteiger partial charge in [-0.2, -0.15) is 0 Å². The van der Waals surface area contributed by atoms with Gasteiger partial charge in [-0.1, -0.05) is 48.5 Å². The van der Waals surface area contributed by atoms with E-state index >= 15 is 0 Å². The highest BCUT2D eigenvalue weighted by Gasteiger charge is 2.47. The Morgan fingerprint density at radius 2 is 1.63 bits per heavy atom. The zero-order valence-corrected chi connectivity index (χ0v) is 20.9. The second kappa shape index (κ2) is 9.27. The number of hydrogen-bond donors (Lipinski definition) is 1. The molecule has 1 fully saturated rings. The van der Waals surface area contributed by atoms with Crippen molar-refractivity contribution in [1.82, 2.24) is 0 Å². The van der Waals surface area contributed by atoms with Gasteiger partial charge in [-0.05, 0) is 60.5 Å². The molecule has 190 valence electrons. The van der Waals surface area contributed by atoms with Crippen LogP contribution < -0.4 is 19.1 Å². The molecule has 7 nitrogen and oxygen atoms in total. The summed E-state index contributed by atoms with van der Waals surface area (Å²) in [5.41, 5.74) is 1.58. The van der Waals surface area contributed by atoms with Gasteiger partial charge in [-0.25, -0.2) is 0 Å². The van der Waals surface area contributed by atoms with Crippen LogP contribution in [0.25, 0.3) is 16.5 Å². The number of carbonyl (C=O) groups is 2. The highest BCUT2D eigenvalue weighted by Crippen LogP contribution is 2.45. The van der Waals surface area contributed by atoms with E-state index in [2.05, 4.69) is 0 Å². The molecular formula is C31H25NO6. The summed E-state index contributed by atoms with van der Waals surface area (Å²) in [6.45, 7) is 3.96. The van der Waals surface area contributed by atoms with Gasteiger partial charge >= 0.3 is 0 Å². The normalized spacial score (nSPS) is 18.0. The number of benzene rings is 4. The van der Waals surface area contributed by atoms with E-state index in [1.54, 1.807) is 36.4 Å². The van der Waals surface area contributed by atoms with Gasteiger partial charge in [-0.3, -0.25) is 14.5 Å². The van der Waals surface area contributed by atoms with Crippen LogP contribution in [0.5, 0.6) is 17.2 Å². The molecule has 38 heavy (non-hydrogen) atoms. The molecule has 0 aliphatic carbocycles. The summed E-state index contributed by atoms with van der Waals surface area (Å²) in [4.78, 5) is 28.4. The van der Waals surface area contributed by atoms with Gasteiger partial charge in [0.15, 0.2) is 11.5 Å². The van der Waals surface area contributed by atoms with E-state index in [0.717, 1.165) is 10.8 Å². The fourth-order valence-corrected chi connectivity index (χ4v) is 4.94. The van der Waals surface area contributed by atoms with Crippen LogP contribution in [-0.4, -0.2) is 29.7 Å². The first-order valence-corrected chi connectivity index (χ1v) is 12.4. The summed E-state index contributed by atoms with van der Waals surface area (Å²) in [7, 11) is 0. The average Bonchev–Trinajstić information content (AvgIpc) is 3.50. The van der Waals surface area contributed by atoms with Crippen molar-refractivity contribution in [1.29, 1.82) is 0 Å². The third-order valence-corrected chi connectivity index (χ3v) is 6.67. The van der Waals surface area contributed by atoms with E-state index in [1.807, 2.05) is 62.4 Å². The molecule has 4 aromatic rings. The van der Waals surface area contributed by atoms with E-state index in [4.69, 9.17) is 14.2 Å². The number of carbonyl (C=O) groups excluding carboxylic acids is 2. The Morgan fingerprint density at radius 3 is 2.39 bits per heavy atom. The van der Waals surface area contributed by atoms with E-state index < -0.39 is 17.7 Å². The van der Waals surface area contributed by atoms with Crippen LogP contribution in [0.4, 0.5) is 5.69 Å². The van der Waals surface area contributed by atoms with Crippen molar-refractivity contribution in [3.8, 4) is 17.2 Å². The Labute approximate surface area is 219 Å². The van der Waals surface area contributed by atoms with Gasteiger partial charge in [0.25, 0.3) is 11.7 Å². The Kier molecular flexibility index (Phi) is 5.76. The second-order valence-electron chi connectivity index (χ2n) is 9.50. The molecular weight excluding hydrogens is 482 g/mol. The van der Waals surface area contributed by atoms with E-state index in [1.165, 1.54) is 4.90 Å². The van der Waals surface area contributed by atoms with Crippen molar-refractivity contribution < 1.29 is 28.9 Å². The number of anilines is 1. The third-order valence-electron chi connectivity index (χ3n) is 6.67. The fourth-order valence-electron chi connectivity index (χ4n) is 4.94. The van der Waals surface area contributed by atoms with Crippen LogP contribution in [0.1, 0.15) is 31.0 Å². The third kappa shape index (κ3) is 4.02. The number of Topliss-reactive ketones (excluding diaryl/α,β-unsaturated/α-hetero) is 1. The first-order valence-electron chi connectivity index (χ1n) is 12.4. The largest absolute Gasteiger partial charge is 0.507 e. The quantitative estimate of drug-likeness (QED) is 0.203. The van der Waals surface area contributed by atoms with Crippen LogP contribution in [0, 0.1) is 0 Å². The lowest BCUT2D eigenvalue weighted by atomic mass is 9.94. The molecule has 0 bridgehead atoms. The first-order chi connectivity index (χ1) is 18.4. The number of amides is 1. The number of aliphatic hydroxyl groups excluding tert-OH is 1. The van der Waals surface area contributed by atoms with Crippen molar-refractivity contribution in [2.24, 2.45) is 0 Å². The molecule has 6 rings (SSSR count). The minimum atomic E-state index is -0.866. The summed E-state index contributed by atoms with van der Waals surface area (Å²) >= 11 is 0. The Morgan fingerprint density at radius 1 is 0.895 bits per heavy atom. The van der Waals surface area contributed by atoms with Crippen molar-refractivity contribution >= 4 is 33.9 Å². The molecule has 1 saturated heterocycles. The summed E-state index contributed by atoms with van der Waals surface area (Å²) in [6.07, 6.45) is -0.00646. The van der Waals surface area contributed by atoms with Crippen LogP contribution in [-0.2, 0) is 9.59 Å². The summed E-state index contributed by atoms with van der Waals surface area (Å²) in [5, 5.41) is 13.4. The molecule has 2 aliphatic rings. The molecule has 4 aromatic carbocycles. The standard InChI is InChI=1S/C31H25NO6/c1-18(2)38-24-12-9-20(10-13-24)28-27(29(33)22-8-7-19-5-3-4-6-21(19)15-22)30(34)31(35)32(28)23-11-14-25-26(16-23)37-17-36-25/h3-16,18,28,33H,17H2,1-2H3/b29-27-. The van der Waals surface area contributed by atoms with E-state index in [0.29, 0.717) is 34.1 Å². The molecule has 0 saturated carbocycles. The molecule has 0 radical (unpaired) electrons. The van der Waals surface area contributed by atoms with E-state index in [-0.39, 0.29) is 24.2 Å². The maximum atomic E-state index is 13.5. The molecule has 1 unspecified atom stereocenters. The summed E-state index contributed by atoms with van der Waals surface area (Å²) < 4.78 is 16.7. The Balaban J connectivity index is 1.51. The molecule has 1 N–H and O–H groups in total. The predicted octanol–water partition coefficient (Wildman–Crippen LogP) is 5.98. The summed E-state index contributed by atoms with van der Waals surface area (Å²) in [5.74, 6) is -0.0192. The predicted molar refractivity (Wildman–Crippen MR) is 144 cm³/mol. The second-order valence-corrected chi connectivity index (χ2v) is 9.50. The Bertz CT molecular complexity index is 1600. The Hall–Kier alpha value is -4.78. The molecule has 0 aromatic heterocycles. The monoisotopic (exact) mass is 507 g/mol. The van der Waals surface area contributed by atoms with Crippen LogP contribution >= 0.6 is 0 Å². The van der Waals surface area contributed by atoms with Crippen molar-refractivity contribution in [3.05, 3.63) is 102 Å². The average molecular weight is 508 g/mol. The molecule has 0 spiro atoms. The van der Waals surface area contributed by atoms with Crippen LogP contribution in [0.3, 0.4) is 0 Å². The number of ketones is 1. The molecule has 1 amide bonds. The number of nitrogens with zero attached hydrogens (tertiary/aromatic N) is 1. The molecule has 7 heteroatoms. The maximum Gasteiger partial charge on any atom is 0.300 e. The SMILES string of the molecule is CC(C)Oc1ccc(C2/C(=C(/O)c3ccc4ccccc4c3)C(=O)C(=O)N2c2ccc3c(c2)OCO3)cc1. The minimum absolute atomic E-state index is 0.00646. The molecule has 2 heterocycles. The number of hydrogen-bond acceptors (Lipinski definition) is 6. The van der Waals surface area contributed by atoms with Crippen LogP contribution in [0.2, 0.25) is 0 Å². The number of fused-ring (bicyclic) bond motifs is 2. The molecule has 1 atom stereocenters. The lowest BCUT2D eigenvalue weighted by Crippen LogP contribution is -2.29. The van der Waals surface area contributed by atoms with Crippen molar-refractivity contribution in [2.75, 3.05) is 11.7 Å². The minimum Gasteiger partial charge on any atom is -0.507 e. The topological polar surface area (TPSA) is 85.3 Å². The number of rotatable bonds is 5. The zero-order valence-electron chi connectivity index (χ0n) is 20.9. The number of ether oxygens (including phenoxy) is 3. The van der Waals surface area contributed by atoms with Crippen LogP contribution in [0.15, 0.2) is 90.5 Å². The lowest BCUT2D eigenvalue weighted by molar-refractivity contribution is -0.132. The van der Waals surface area contributed by atoms with E-state index in [9.17, 15) is 14.7 Å². The summed E-state index contributed by atoms with van der Waals surface area (Å²) in [6, 6.07) is 24.6. The van der Waals surface area contributed by atoms with Gasteiger partial charge < -0.3 is 19.3 Å². The highest BCUT2D eigenvalue weighted by molar-refractivity contribution is 6.51. The van der Waals surface area contributed by atoms with Gasteiger partial charge in [0.2, 0.25) is 6.79 Å². The van der Waals surface area contributed by atoms with Gasteiger partial charge in [0.05, 0.1) is 17.7 Å². The van der Waals surface area contributed by atoms with Crippen molar-refractivity contribution in [3.63, 3.8) is 0 Å². The first kappa shape index (κ1) is 23.6. The van der Waals surface area contributed by atoms with Crippen molar-refractivity contribution in [2.45, 2.75) is 26.0 Å². The van der Waals surface area contributed by atoms with Gasteiger partial charge in [-0.15, -0.1) is 0 Å². The zero-order chi connectivity index (χ0) is 26.4. The lowest BCUT2D eigenvalue weighted by Gasteiger charge is -2.26. The molecule has 2 aliphatic heterocycles.